The van der Waals surface area contributed by atoms with E-state index in [9.17, 15) is 9.90 Å². The van der Waals surface area contributed by atoms with E-state index in [2.05, 4.69) is 18.9 Å². The van der Waals surface area contributed by atoms with Crippen LogP contribution in [0.1, 0.15) is 25.3 Å². The summed E-state index contributed by atoms with van der Waals surface area (Å²) in [5.41, 5.74) is 0.877. The first-order valence-corrected chi connectivity index (χ1v) is 7.36. The Morgan fingerprint density at radius 3 is 2.90 bits per heavy atom. The maximum Gasteiger partial charge on any atom is 0.227 e. The molecule has 0 saturated carbocycles. The summed E-state index contributed by atoms with van der Waals surface area (Å²) in [7, 11) is 2.12. The van der Waals surface area contributed by atoms with E-state index in [0.29, 0.717) is 12.5 Å². The van der Waals surface area contributed by atoms with Gasteiger partial charge in [-0.3, -0.25) is 4.79 Å². The molecular weight excluding hydrogens is 252 g/mol. The molecule has 1 N–H and O–H groups in total. The van der Waals surface area contributed by atoms with Gasteiger partial charge in [0.05, 0.1) is 6.42 Å². The number of hydrogen-bond donors (Lipinski definition) is 1. The smallest absolute Gasteiger partial charge is 0.227 e. The molecule has 20 heavy (non-hydrogen) atoms. The molecule has 4 heteroatoms. The fourth-order valence-electron chi connectivity index (χ4n) is 2.86. The summed E-state index contributed by atoms with van der Waals surface area (Å²) in [5.74, 6) is 0.385. The van der Waals surface area contributed by atoms with E-state index in [4.69, 9.17) is 0 Å². The fourth-order valence-corrected chi connectivity index (χ4v) is 2.86. The van der Waals surface area contributed by atoms with Crippen molar-refractivity contribution in [1.29, 1.82) is 0 Å². The van der Waals surface area contributed by atoms with E-state index in [-0.39, 0.29) is 11.7 Å². The molecular formula is C16H24N2O2. The third kappa shape index (κ3) is 3.73. The van der Waals surface area contributed by atoms with Gasteiger partial charge in [0.25, 0.3) is 0 Å². The topological polar surface area (TPSA) is 43.8 Å². The van der Waals surface area contributed by atoms with Gasteiger partial charge in [0.15, 0.2) is 0 Å². The zero-order chi connectivity index (χ0) is 14.5. The van der Waals surface area contributed by atoms with Gasteiger partial charge in [0.1, 0.15) is 5.75 Å². The zero-order valence-electron chi connectivity index (χ0n) is 12.4. The summed E-state index contributed by atoms with van der Waals surface area (Å²) in [4.78, 5) is 16.9. The maximum atomic E-state index is 12.5. The molecule has 4 nitrogen and oxygen atoms in total. The van der Waals surface area contributed by atoms with Crippen molar-refractivity contribution in [3.05, 3.63) is 29.8 Å². The van der Waals surface area contributed by atoms with Crippen LogP contribution in [0.15, 0.2) is 24.3 Å². The molecule has 1 aliphatic rings. The number of amides is 1. The van der Waals surface area contributed by atoms with Gasteiger partial charge in [-0.15, -0.1) is 0 Å². The lowest BCUT2D eigenvalue weighted by atomic mass is 10.1. The monoisotopic (exact) mass is 276 g/mol. The molecule has 0 spiro atoms. The van der Waals surface area contributed by atoms with E-state index >= 15 is 0 Å². The van der Waals surface area contributed by atoms with Gasteiger partial charge in [0, 0.05) is 19.1 Å². The number of phenolic OH excluding ortho intramolecular Hbond substituents is 1. The molecule has 1 amide bonds. The van der Waals surface area contributed by atoms with Crippen molar-refractivity contribution in [1.82, 2.24) is 9.80 Å². The van der Waals surface area contributed by atoms with Gasteiger partial charge >= 0.3 is 0 Å². The number of likely N-dealkylation sites (N-methyl/N-ethyl adjacent to an activating group) is 1. The summed E-state index contributed by atoms with van der Waals surface area (Å²) in [5, 5.41) is 9.48. The second-order valence-corrected chi connectivity index (χ2v) is 5.61. The van der Waals surface area contributed by atoms with E-state index < -0.39 is 0 Å². The van der Waals surface area contributed by atoms with Crippen LogP contribution in [0.5, 0.6) is 5.75 Å². The van der Waals surface area contributed by atoms with Crippen LogP contribution in [0.3, 0.4) is 0 Å². The highest BCUT2D eigenvalue weighted by Crippen LogP contribution is 2.16. The molecule has 1 fully saturated rings. The van der Waals surface area contributed by atoms with E-state index in [0.717, 1.165) is 38.0 Å². The van der Waals surface area contributed by atoms with Crippen molar-refractivity contribution < 1.29 is 9.90 Å². The molecule has 1 saturated heterocycles. The molecule has 2 rings (SSSR count). The van der Waals surface area contributed by atoms with Crippen LogP contribution in [-0.4, -0.2) is 53.5 Å². The van der Waals surface area contributed by atoms with Crippen molar-refractivity contribution in [2.45, 2.75) is 32.2 Å². The molecule has 1 aromatic carbocycles. The van der Waals surface area contributed by atoms with Gasteiger partial charge in [0.2, 0.25) is 5.91 Å². The average Bonchev–Trinajstić information content (AvgIpc) is 2.60. The first-order valence-electron chi connectivity index (χ1n) is 7.36. The molecule has 1 heterocycles. The number of nitrogens with zero attached hydrogens (tertiary/aromatic N) is 2. The van der Waals surface area contributed by atoms with Crippen LogP contribution in [-0.2, 0) is 11.2 Å². The molecule has 110 valence electrons. The average molecular weight is 276 g/mol. The molecule has 0 aliphatic carbocycles. The molecule has 1 aliphatic heterocycles. The summed E-state index contributed by atoms with van der Waals surface area (Å²) < 4.78 is 0. The number of carbonyl (C=O) groups excluding carboxylic acids is 1. The minimum absolute atomic E-state index is 0.165. The second kappa shape index (κ2) is 6.75. The van der Waals surface area contributed by atoms with Crippen LogP contribution < -0.4 is 0 Å². The number of rotatable bonds is 3. The minimum atomic E-state index is 0.165. The Hall–Kier alpha value is -1.55. The Labute approximate surface area is 121 Å². The Bertz CT molecular complexity index is 462. The van der Waals surface area contributed by atoms with Crippen LogP contribution in [0.2, 0.25) is 0 Å². The van der Waals surface area contributed by atoms with E-state index in [1.54, 1.807) is 18.2 Å². The molecule has 1 atom stereocenters. The second-order valence-electron chi connectivity index (χ2n) is 5.61. The SMILES string of the molecule is CCC1CN(C)CCCN1C(=O)Cc1cccc(O)c1. The predicted octanol–water partition coefficient (Wildman–Crippen LogP) is 1.88. The Balaban J connectivity index is 2.06. The number of carbonyl (C=O) groups is 1. The third-order valence-electron chi connectivity index (χ3n) is 3.96. The minimum Gasteiger partial charge on any atom is -0.508 e. The van der Waals surface area contributed by atoms with Crippen molar-refractivity contribution in [2.75, 3.05) is 26.7 Å². The number of hydrogen-bond acceptors (Lipinski definition) is 3. The van der Waals surface area contributed by atoms with Gasteiger partial charge in [-0.25, -0.2) is 0 Å². The van der Waals surface area contributed by atoms with Crippen molar-refractivity contribution in [2.24, 2.45) is 0 Å². The maximum absolute atomic E-state index is 12.5. The molecule has 0 radical (unpaired) electrons. The normalized spacial score (nSPS) is 20.7. The van der Waals surface area contributed by atoms with Crippen LogP contribution in [0, 0.1) is 0 Å². The van der Waals surface area contributed by atoms with Crippen molar-refractivity contribution >= 4 is 5.91 Å². The molecule has 0 aromatic heterocycles. The number of aromatic hydroxyl groups is 1. The third-order valence-corrected chi connectivity index (χ3v) is 3.96. The Kier molecular flexibility index (Phi) is 5.01. The summed E-state index contributed by atoms with van der Waals surface area (Å²) in [6.45, 7) is 4.97. The zero-order valence-corrected chi connectivity index (χ0v) is 12.4. The van der Waals surface area contributed by atoms with Crippen LogP contribution >= 0.6 is 0 Å². The molecule has 1 aromatic rings. The highest BCUT2D eigenvalue weighted by molar-refractivity contribution is 5.79. The number of benzene rings is 1. The lowest BCUT2D eigenvalue weighted by Crippen LogP contribution is -2.44. The van der Waals surface area contributed by atoms with E-state index in [1.165, 1.54) is 0 Å². The van der Waals surface area contributed by atoms with Gasteiger partial charge in [-0.05, 0) is 44.1 Å². The first kappa shape index (κ1) is 14.9. The van der Waals surface area contributed by atoms with Gasteiger partial charge < -0.3 is 14.9 Å². The quantitative estimate of drug-likeness (QED) is 0.916. The van der Waals surface area contributed by atoms with Crippen LogP contribution in [0.25, 0.3) is 0 Å². The lowest BCUT2D eigenvalue weighted by molar-refractivity contribution is -0.132. The summed E-state index contributed by atoms with van der Waals surface area (Å²) in [6, 6.07) is 7.27. The van der Waals surface area contributed by atoms with Crippen LogP contribution in [0.4, 0.5) is 0 Å². The number of phenols is 1. The van der Waals surface area contributed by atoms with Crippen molar-refractivity contribution in [3.63, 3.8) is 0 Å². The molecule has 1 unspecified atom stereocenters. The highest BCUT2D eigenvalue weighted by Gasteiger charge is 2.25. The first-order chi connectivity index (χ1) is 9.60. The van der Waals surface area contributed by atoms with Gasteiger partial charge in [-0.1, -0.05) is 19.1 Å². The summed E-state index contributed by atoms with van der Waals surface area (Å²) >= 11 is 0. The highest BCUT2D eigenvalue weighted by atomic mass is 16.3. The van der Waals surface area contributed by atoms with E-state index in [1.807, 2.05) is 11.0 Å². The fraction of sp³-hybridized carbons (Fsp3) is 0.562. The van der Waals surface area contributed by atoms with Gasteiger partial charge in [-0.2, -0.15) is 0 Å². The largest absolute Gasteiger partial charge is 0.508 e. The standard InChI is InChI=1S/C16H24N2O2/c1-3-14-12-17(2)8-5-9-18(14)16(20)11-13-6-4-7-15(19)10-13/h4,6-7,10,14,19H,3,5,8-9,11-12H2,1-2H3. The molecule has 0 bridgehead atoms. The lowest BCUT2D eigenvalue weighted by Gasteiger charge is -2.30. The Morgan fingerprint density at radius 1 is 1.40 bits per heavy atom. The van der Waals surface area contributed by atoms with Crippen molar-refractivity contribution in [3.8, 4) is 5.75 Å². The summed E-state index contributed by atoms with van der Waals surface area (Å²) in [6.07, 6.45) is 2.38. The Morgan fingerprint density at radius 2 is 2.20 bits per heavy atom. The predicted molar refractivity (Wildman–Crippen MR) is 79.7 cm³/mol.